The highest BCUT2D eigenvalue weighted by molar-refractivity contribution is 6.33. The predicted octanol–water partition coefficient (Wildman–Crippen LogP) is 3.04. The number of halogens is 1. The Bertz CT molecular complexity index is 550. The molecule has 2 atom stereocenters. The van der Waals surface area contributed by atoms with Crippen LogP contribution in [0.15, 0.2) is 12.1 Å². The van der Waals surface area contributed by atoms with E-state index in [-0.39, 0.29) is 24.7 Å². The molecule has 21 heavy (non-hydrogen) atoms. The second kappa shape index (κ2) is 6.12. The van der Waals surface area contributed by atoms with Crippen molar-refractivity contribution in [1.82, 2.24) is 0 Å². The Kier molecular flexibility index (Phi) is 4.22. The van der Waals surface area contributed by atoms with Crippen LogP contribution in [0.3, 0.4) is 0 Å². The molecular weight excluding hydrogens is 292 g/mol. The number of carbonyl (C=O) groups excluding carboxylic acids is 1. The quantitative estimate of drug-likeness (QED) is 0.901. The van der Waals surface area contributed by atoms with Gasteiger partial charge in [0.2, 0.25) is 0 Å². The number of methoxy groups -OCH3 is 1. The van der Waals surface area contributed by atoms with E-state index in [1.807, 2.05) is 6.07 Å². The Morgan fingerprint density at radius 2 is 2.19 bits per heavy atom. The molecule has 0 saturated heterocycles. The summed E-state index contributed by atoms with van der Waals surface area (Å²) in [6, 6.07) is 3.82. The summed E-state index contributed by atoms with van der Waals surface area (Å²) in [7, 11) is 1.75. The molecule has 1 heterocycles. The highest BCUT2D eigenvalue weighted by atomic mass is 35.5. The van der Waals surface area contributed by atoms with Crippen LogP contribution < -0.4 is 15.4 Å². The number of rotatable bonds is 3. The van der Waals surface area contributed by atoms with Gasteiger partial charge in [-0.05, 0) is 18.9 Å². The van der Waals surface area contributed by atoms with Gasteiger partial charge in [-0.15, -0.1) is 0 Å². The summed E-state index contributed by atoms with van der Waals surface area (Å²) < 4.78 is 11.0. The lowest BCUT2D eigenvalue weighted by molar-refractivity contribution is -0.118. The van der Waals surface area contributed by atoms with Gasteiger partial charge in [-0.1, -0.05) is 24.4 Å². The monoisotopic (exact) mass is 310 g/mol. The molecule has 6 heteroatoms. The van der Waals surface area contributed by atoms with Crippen LogP contribution in [0.25, 0.3) is 0 Å². The smallest absolute Gasteiger partial charge is 0.262 e. The second-order valence-corrected chi connectivity index (χ2v) is 5.88. The minimum absolute atomic E-state index is 0.0399. The molecule has 3 rings (SSSR count). The van der Waals surface area contributed by atoms with Crippen LogP contribution in [0.1, 0.15) is 25.7 Å². The third-order valence-electron chi connectivity index (χ3n) is 4.05. The third kappa shape index (κ3) is 3.09. The van der Waals surface area contributed by atoms with Crippen molar-refractivity contribution in [3.8, 4) is 5.75 Å². The van der Waals surface area contributed by atoms with Gasteiger partial charge in [0.15, 0.2) is 6.61 Å². The normalized spacial score (nSPS) is 24.8. The lowest BCUT2D eigenvalue weighted by Gasteiger charge is -2.32. The second-order valence-electron chi connectivity index (χ2n) is 5.47. The molecule has 0 radical (unpaired) electrons. The Labute approximate surface area is 128 Å². The summed E-state index contributed by atoms with van der Waals surface area (Å²) in [6.07, 6.45) is 4.70. The van der Waals surface area contributed by atoms with Crippen molar-refractivity contribution in [3.05, 3.63) is 17.2 Å². The molecule has 114 valence electrons. The number of benzene rings is 1. The number of hydrogen-bond donors (Lipinski definition) is 2. The predicted molar refractivity (Wildman–Crippen MR) is 82.3 cm³/mol. The molecule has 1 fully saturated rings. The van der Waals surface area contributed by atoms with Crippen LogP contribution in [-0.4, -0.2) is 31.8 Å². The zero-order chi connectivity index (χ0) is 14.8. The van der Waals surface area contributed by atoms with Gasteiger partial charge in [-0.3, -0.25) is 4.79 Å². The SMILES string of the molecule is COC1CCCCC1Nc1cc2c(cc1Cl)NC(=O)CO2. The minimum Gasteiger partial charge on any atom is -0.482 e. The van der Waals surface area contributed by atoms with Crippen molar-refractivity contribution in [1.29, 1.82) is 0 Å². The maximum atomic E-state index is 11.3. The Morgan fingerprint density at radius 1 is 1.38 bits per heavy atom. The largest absolute Gasteiger partial charge is 0.482 e. The highest BCUT2D eigenvalue weighted by Crippen LogP contribution is 2.37. The number of anilines is 2. The molecule has 0 aromatic heterocycles. The van der Waals surface area contributed by atoms with Gasteiger partial charge in [0.1, 0.15) is 5.75 Å². The number of hydrogen-bond acceptors (Lipinski definition) is 4. The summed E-state index contributed by atoms with van der Waals surface area (Å²) in [4.78, 5) is 11.3. The maximum absolute atomic E-state index is 11.3. The van der Waals surface area contributed by atoms with E-state index in [2.05, 4.69) is 10.6 Å². The Morgan fingerprint density at radius 3 is 3.00 bits per heavy atom. The van der Waals surface area contributed by atoms with E-state index in [9.17, 15) is 4.79 Å². The summed E-state index contributed by atoms with van der Waals surface area (Å²) in [6.45, 7) is 0.0399. The van der Waals surface area contributed by atoms with Crippen LogP contribution in [0.5, 0.6) is 5.75 Å². The van der Waals surface area contributed by atoms with Crippen LogP contribution in [0, 0.1) is 0 Å². The summed E-state index contributed by atoms with van der Waals surface area (Å²) >= 11 is 6.31. The average molecular weight is 311 g/mol. The summed E-state index contributed by atoms with van der Waals surface area (Å²) in [5, 5.41) is 6.78. The molecule has 2 unspecified atom stereocenters. The molecule has 5 nitrogen and oxygen atoms in total. The van der Waals surface area contributed by atoms with E-state index < -0.39 is 0 Å². The molecule has 1 aliphatic carbocycles. The first-order valence-corrected chi connectivity index (χ1v) is 7.60. The lowest BCUT2D eigenvalue weighted by atomic mass is 9.92. The average Bonchev–Trinajstić information content (AvgIpc) is 2.49. The fraction of sp³-hybridized carbons (Fsp3) is 0.533. The molecular formula is C15H19ClN2O3. The van der Waals surface area contributed by atoms with Crippen molar-refractivity contribution in [2.24, 2.45) is 0 Å². The Hall–Kier alpha value is -1.46. The van der Waals surface area contributed by atoms with E-state index in [0.29, 0.717) is 16.5 Å². The Balaban J connectivity index is 1.80. The fourth-order valence-electron chi connectivity index (χ4n) is 2.95. The van der Waals surface area contributed by atoms with Gasteiger partial charge >= 0.3 is 0 Å². The molecule has 0 bridgehead atoms. The van der Waals surface area contributed by atoms with E-state index in [1.54, 1.807) is 13.2 Å². The summed E-state index contributed by atoms with van der Waals surface area (Å²) in [5.41, 5.74) is 1.44. The number of ether oxygens (including phenoxy) is 2. The molecule has 1 amide bonds. The van der Waals surface area contributed by atoms with E-state index in [1.165, 1.54) is 12.8 Å². The highest BCUT2D eigenvalue weighted by Gasteiger charge is 2.26. The molecule has 1 saturated carbocycles. The summed E-state index contributed by atoms with van der Waals surface area (Å²) in [5.74, 6) is 0.484. The number of fused-ring (bicyclic) bond motifs is 1. The first-order chi connectivity index (χ1) is 10.2. The fourth-order valence-corrected chi connectivity index (χ4v) is 3.17. The van der Waals surface area contributed by atoms with Crippen LogP contribution in [-0.2, 0) is 9.53 Å². The molecule has 2 N–H and O–H groups in total. The van der Waals surface area contributed by atoms with Gasteiger partial charge in [-0.2, -0.15) is 0 Å². The van der Waals surface area contributed by atoms with Gasteiger partial charge < -0.3 is 20.1 Å². The van der Waals surface area contributed by atoms with Crippen molar-refractivity contribution in [2.75, 3.05) is 24.4 Å². The van der Waals surface area contributed by atoms with Gasteiger partial charge in [-0.25, -0.2) is 0 Å². The number of amides is 1. The number of nitrogens with one attached hydrogen (secondary N) is 2. The van der Waals surface area contributed by atoms with E-state index in [0.717, 1.165) is 18.5 Å². The standard InChI is InChI=1S/C15H19ClN2O3/c1-20-13-5-3-2-4-10(13)17-11-7-14-12(6-9(11)16)18-15(19)8-21-14/h6-7,10,13,17H,2-5,8H2,1H3,(H,18,19). The molecule has 0 spiro atoms. The zero-order valence-electron chi connectivity index (χ0n) is 11.9. The van der Waals surface area contributed by atoms with Gasteiger partial charge in [0.05, 0.1) is 28.5 Å². The molecule has 1 aromatic rings. The lowest BCUT2D eigenvalue weighted by Crippen LogP contribution is -2.37. The van der Waals surface area contributed by atoms with E-state index >= 15 is 0 Å². The first-order valence-electron chi connectivity index (χ1n) is 7.23. The van der Waals surface area contributed by atoms with Crippen molar-refractivity contribution < 1.29 is 14.3 Å². The number of carbonyl (C=O) groups is 1. The molecule has 1 aliphatic heterocycles. The van der Waals surface area contributed by atoms with Crippen LogP contribution >= 0.6 is 11.6 Å². The van der Waals surface area contributed by atoms with E-state index in [4.69, 9.17) is 21.1 Å². The van der Waals surface area contributed by atoms with Crippen LogP contribution in [0.4, 0.5) is 11.4 Å². The molecule has 1 aromatic carbocycles. The topological polar surface area (TPSA) is 59.6 Å². The minimum atomic E-state index is -0.161. The van der Waals surface area contributed by atoms with Crippen molar-refractivity contribution in [3.63, 3.8) is 0 Å². The molecule has 2 aliphatic rings. The maximum Gasteiger partial charge on any atom is 0.262 e. The van der Waals surface area contributed by atoms with Gasteiger partial charge in [0.25, 0.3) is 5.91 Å². The van der Waals surface area contributed by atoms with Gasteiger partial charge in [0, 0.05) is 13.2 Å². The third-order valence-corrected chi connectivity index (χ3v) is 4.36. The van der Waals surface area contributed by atoms with Crippen molar-refractivity contribution >= 4 is 28.9 Å². The van der Waals surface area contributed by atoms with Crippen molar-refractivity contribution in [2.45, 2.75) is 37.8 Å². The van der Waals surface area contributed by atoms with Crippen LogP contribution in [0.2, 0.25) is 5.02 Å². The first kappa shape index (κ1) is 14.5. The zero-order valence-corrected chi connectivity index (χ0v) is 12.7.